The van der Waals surface area contributed by atoms with Crippen LogP contribution in [-0.2, 0) is 23.8 Å². The summed E-state index contributed by atoms with van der Waals surface area (Å²) in [7, 11) is 1.40. The summed E-state index contributed by atoms with van der Waals surface area (Å²) < 4.78 is 16.4. The van der Waals surface area contributed by atoms with Gasteiger partial charge in [0.05, 0.1) is 20.3 Å². The highest BCUT2D eigenvalue weighted by molar-refractivity contribution is 5.87. The molecule has 2 atom stereocenters. The second kappa shape index (κ2) is 6.50. The summed E-state index contributed by atoms with van der Waals surface area (Å²) in [6.07, 6.45) is 6.16. The van der Waals surface area contributed by atoms with Crippen LogP contribution >= 0.6 is 0 Å². The van der Waals surface area contributed by atoms with Crippen LogP contribution in [0.3, 0.4) is 0 Å². The Kier molecular flexibility index (Phi) is 4.94. The number of esters is 1. The molecule has 1 spiro atoms. The van der Waals surface area contributed by atoms with Crippen molar-refractivity contribution in [3.8, 4) is 0 Å². The van der Waals surface area contributed by atoms with Gasteiger partial charge in [-0.3, -0.25) is 9.59 Å². The third-order valence-electron chi connectivity index (χ3n) is 4.17. The van der Waals surface area contributed by atoms with Crippen LogP contribution < -0.4 is 0 Å². The molecule has 2 fully saturated rings. The molecule has 1 aliphatic heterocycles. The van der Waals surface area contributed by atoms with Crippen LogP contribution in [0.15, 0.2) is 12.2 Å². The van der Waals surface area contributed by atoms with Crippen molar-refractivity contribution < 1.29 is 23.8 Å². The van der Waals surface area contributed by atoms with Crippen LogP contribution in [0.5, 0.6) is 0 Å². The van der Waals surface area contributed by atoms with Gasteiger partial charge in [-0.25, -0.2) is 0 Å². The highest BCUT2D eigenvalue weighted by atomic mass is 16.7. The van der Waals surface area contributed by atoms with Gasteiger partial charge in [0.15, 0.2) is 11.6 Å². The summed E-state index contributed by atoms with van der Waals surface area (Å²) in [4.78, 5) is 22.5. The number of hydrogen-bond acceptors (Lipinski definition) is 5. The van der Waals surface area contributed by atoms with Crippen LogP contribution in [0.2, 0.25) is 0 Å². The van der Waals surface area contributed by atoms with E-state index in [0.717, 1.165) is 12.8 Å². The zero-order chi connectivity index (χ0) is 14.6. The van der Waals surface area contributed by atoms with Gasteiger partial charge in [0.2, 0.25) is 0 Å². The summed E-state index contributed by atoms with van der Waals surface area (Å²) in [5, 5.41) is 0. The second-order valence-corrected chi connectivity index (χ2v) is 5.44. The number of methoxy groups -OCH3 is 1. The van der Waals surface area contributed by atoms with Crippen molar-refractivity contribution in [2.75, 3.05) is 20.3 Å². The van der Waals surface area contributed by atoms with Crippen molar-refractivity contribution in [1.82, 2.24) is 0 Å². The number of allylic oxidation sites excluding steroid dienone is 2. The van der Waals surface area contributed by atoms with Crippen molar-refractivity contribution in [2.24, 2.45) is 11.8 Å². The summed E-state index contributed by atoms with van der Waals surface area (Å²) in [5.74, 6) is -0.475. The number of hydrogen-bond donors (Lipinski definition) is 0. The molecule has 1 saturated carbocycles. The first-order chi connectivity index (χ1) is 9.57. The highest BCUT2D eigenvalue weighted by Crippen LogP contribution is 2.49. The van der Waals surface area contributed by atoms with Gasteiger partial charge < -0.3 is 14.2 Å². The van der Waals surface area contributed by atoms with Crippen LogP contribution in [0.25, 0.3) is 0 Å². The highest BCUT2D eigenvalue weighted by Gasteiger charge is 2.52. The lowest BCUT2D eigenvalue weighted by Gasteiger charge is -2.31. The maximum absolute atomic E-state index is 11.5. The molecule has 1 saturated heterocycles. The lowest BCUT2D eigenvalue weighted by atomic mass is 9.87. The SMILES string of the molecule is COC(=O)C[C@H]1CCC2(OCCO2)[C@@H]1C/C=C\C(C)=O. The summed E-state index contributed by atoms with van der Waals surface area (Å²) in [6, 6.07) is 0. The molecule has 112 valence electrons. The fraction of sp³-hybridized carbons (Fsp3) is 0.733. The first-order valence-electron chi connectivity index (χ1n) is 7.09. The maximum atomic E-state index is 11.5. The Morgan fingerprint density at radius 3 is 2.65 bits per heavy atom. The quantitative estimate of drug-likeness (QED) is 0.569. The molecule has 20 heavy (non-hydrogen) atoms. The van der Waals surface area contributed by atoms with Crippen molar-refractivity contribution in [1.29, 1.82) is 0 Å². The summed E-state index contributed by atoms with van der Waals surface area (Å²) >= 11 is 0. The third kappa shape index (κ3) is 3.27. The predicted octanol–water partition coefficient (Wildman–Crippen LogP) is 1.85. The van der Waals surface area contributed by atoms with Crippen LogP contribution in [0, 0.1) is 11.8 Å². The van der Waals surface area contributed by atoms with Gasteiger partial charge in [-0.1, -0.05) is 6.08 Å². The molecule has 5 nitrogen and oxygen atoms in total. The molecule has 0 aromatic rings. The van der Waals surface area contributed by atoms with Gasteiger partial charge in [0, 0.05) is 18.8 Å². The lowest BCUT2D eigenvalue weighted by Crippen LogP contribution is -2.37. The Bertz CT molecular complexity index is 395. The van der Waals surface area contributed by atoms with E-state index >= 15 is 0 Å². The van der Waals surface area contributed by atoms with Crippen LogP contribution in [0.1, 0.15) is 32.6 Å². The standard InChI is InChI=1S/C15H22O5/c1-11(16)4-3-5-13-12(10-14(17)18-2)6-7-15(13)19-8-9-20-15/h3-4,12-13H,5-10H2,1-2H3/b4-3-/t12-,13-/m1/s1. The van der Waals surface area contributed by atoms with Crippen LogP contribution in [-0.4, -0.2) is 37.9 Å². The van der Waals surface area contributed by atoms with E-state index in [1.54, 1.807) is 6.08 Å². The van der Waals surface area contributed by atoms with E-state index in [1.807, 2.05) is 6.08 Å². The second-order valence-electron chi connectivity index (χ2n) is 5.44. The Morgan fingerprint density at radius 2 is 2.05 bits per heavy atom. The maximum Gasteiger partial charge on any atom is 0.305 e. The Morgan fingerprint density at radius 1 is 1.35 bits per heavy atom. The Labute approximate surface area is 119 Å². The minimum absolute atomic E-state index is 0.0230. The number of carbonyl (C=O) groups is 2. The van der Waals surface area contributed by atoms with Gasteiger partial charge >= 0.3 is 5.97 Å². The molecular formula is C15H22O5. The average Bonchev–Trinajstić information content (AvgIpc) is 3.00. The molecule has 1 heterocycles. The molecule has 0 bridgehead atoms. The number of carbonyl (C=O) groups excluding carboxylic acids is 2. The van der Waals surface area contributed by atoms with Gasteiger partial charge in [-0.05, 0) is 31.8 Å². The molecule has 1 aliphatic carbocycles. The molecule has 0 unspecified atom stereocenters. The minimum atomic E-state index is -0.570. The average molecular weight is 282 g/mol. The smallest absolute Gasteiger partial charge is 0.305 e. The predicted molar refractivity (Wildman–Crippen MR) is 71.9 cm³/mol. The molecule has 5 heteroatoms. The molecule has 0 amide bonds. The minimum Gasteiger partial charge on any atom is -0.469 e. The molecular weight excluding hydrogens is 260 g/mol. The van der Waals surface area contributed by atoms with E-state index in [1.165, 1.54) is 14.0 Å². The summed E-state index contributed by atoms with van der Waals surface area (Å²) in [6.45, 7) is 2.71. The molecule has 0 aromatic heterocycles. The molecule has 2 aliphatic rings. The monoisotopic (exact) mass is 282 g/mol. The zero-order valence-corrected chi connectivity index (χ0v) is 12.1. The third-order valence-corrected chi connectivity index (χ3v) is 4.17. The normalized spacial score (nSPS) is 28.3. The number of ketones is 1. The lowest BCUT2D eigenvalue weighted by molar-refractivity contribution is -0.186. The van der Waals surface area contributed by atoms with Gasteiger partial charge in [0.25, 0.3) is 0 Å². The fourth-order valence-corrected chi connectivity index (χ4v) is 3.26. The topological polar surface area (TPSA) is 61.8 Å². The van der Waals surface area contributed by atoms with E-state index in [2.05, 4.69) is 0 Å². The molecule has 2 rings (SSSR count). The first-order valence-corrected chi connectivity index (χ1v) is 7.09. The van der Waals surface area contributed by atoms with Crippen molar-refractivity contribution >= 4 is 11.8 Å². The van der Waals surface area contributed by atoms with Gasteiger partial charge in [-0.2, -0.15) is 0 Å². The molecule has 0 N–H and O–H groups in total. The fourth-order valence-electron chi connectivity index (χ4n) is 3.26. The van der Waals surface area contributed by atoms with E-state index in [9.17, 15) is 9.59 Å². The van der Waals surface area contributed by atoms with Gasteiger partial charge in [0.1, 0.15) is 0 Å². The van der Waals surface area contributed by atoms with Gasteiger partial charge in [-0.15, -0.1) is 0 Å². The molecule has 0 aromatic carbocycles. The Hall–Kier alpha value is -1.20. The number of ether oxygens (including phenoxy) is 3. The van der Waals surface area contributed by atoms with E-state index in [4.69, 9.17) is 14.2 Å². The largest absolute Gasteiger partial charge is 0.469 e. The Balaban J connectivity index is 2.07. The van der Waals surface area contributed by atoms with Crippen LogP contribution in [0.4, 0.5) is 0 Å². The van der Waals surface area contributed by atoms with E-state index in [0.29, 0.717) is 26.1 Å². The van der Waals surface area contributed by atoms with Crippen molar-refractivity contribution in [2.45, 2.75) is 38.4 Å². The number of rotatable bonds is 5. The van der Waals surface area contributed by atoms with E-state index in [-0.39, 0.29) is 23.6 Å². The summed E-state index contributed by atoms with van der Waals surface area (Å²) in [5.41, 5.74) is 0. The van der Waals surface area contributed by atoms with Crippen molar-refractivity contribution in [3.63, 3.8) is 0 Å². The van der Waals surface area contributed by atoms with E-state index < -0.39 is 5.79 Å². The first kappa shape index (κ1) is 15.2. The zero-order valence-electron chi connectivity index (χ0n) is 12.1. The molecule has 0 radical (unpaired) electrons. The van der Waals surface area contributed by atoms with Crippen molar-refractivity contribution in [3.05, 3.63) is 12.2 Å².